The molecule has 2 N–H and O–H groups in total. The summed E-state index contributed by atoms with van der Waals surface area (Å²) in [6, 6.07) is 16.5. The van der Waals surface area contributed by atoms with Gasteiger partial charge in [-0.3, -0.25) is 9.59 Å². The lowest BCUT2D eigenvalue weighted by Crippen LogP contribution is -2.40. The van der Waals surface area contributed by atoms with Crippen LogP contribution in [0, 0.1) is 5.92 Å². The van der Waals surface area contributed by atoms with E-state index in [1.54, 1.807) is 0 Å². The molecule has 7 heteroatoms. The van der Waals surface area contributed by atoms with E-state index in [9.17, 15) is 14.4 Å². The molecule has 2 aromatic carbocycles. The molecule has 0 heterocycles. The number of carbonyl (C=O) groups excluding carboxylic acids is 2. The Kier molecular flexibility index (Phi) is 7.73. The molecule has 0 spiro atoms. The quantitative estimate of drug-likeness (QED) is 0.484. The second kappa shape index (κ2) is 10.9. The van der Waals surface area contributed by atoms with Crippen molar-refractivity contribution >= 4 is 18.0 Å². The van der Waals surface area contributed by atoms with Crippen LogP contribution < -0.4 is 5.32 Å². The lowest BCUT2D eigenvalue weighted by atomic mass is 9.98. The number of nitrogens with zero attached hydrogens (tertiary/aromatic N) is 1. The molecule has 2 amide bonds. The van der Waals surface area contributed by atoms with Crippen LogP contribution in [-0.4, -0.2) is 53.2 Å². The monoisotopic (exact) mass is 478 g/mol. The lowest BCUT2D eigenvalue weighted by molar-refractivity contribution is -0.146. The first-order chi connectivity index (χ1) is 16.8. The predicted octanol–water partition coefficient (Wildman–Crippen LogP) is 4.80. The molecule has 0 aliphatic heterocycles. The number of hydrogen-bond acceptors (Lipinski definition) is 4. The zero-order valence-electron chi connectivity index (χ0n) is 20.4. The number of aliphatic carboxylic acids is 1. The molecule has 0 radical (unpaired) electrons. The molecule has 0 bridgehead atoms. The van der Waals surface area contributed by atoms with E-state index in [1.807, 2.05) is 38.1 Å². The molecule has 2 aromatic rings. The second-order valence-electron chi connectivity index (χ2n) is 9.79. The highest BCUT2D eigenvalue weighted by molar-refractivity contribution is 5.83. The standard InChI is InChI=1S/C28H34N2O5/c1-18(27(33)30(16-26(31)32)20-14-15-20)8-7-9-19(2)29-28(34)35-17-25-23-12-5-3-10-21(23)22-11-4-6-13-24(22)25/h3-6,10-13,18-20,25H,7-9,14-17H2,1-2H3,(H,29,34)(H,31,32). The molecule has 2 unspecified atom stereocenters. The Morgan fingerprint density at radius 2 is 1.60 bits per heavy atom. The average molecular weight is 479 g/mol. The predicted molar refractivity (Wildman–Crippen MR) is 133 cm³/mol. The Bertz CT molecular complexity index is 1040. The van der Waals surface area contributed by atoms with Crippen molar-refractivity contribution in [3.05, 3.63) is 59.7 Å². The van der Waals surface area contributed by atoms with Crippen molar-refractivity contribution in [2.24, 2.45) is 5.92 Å². The van der Waals surface area contributed by atoms with Crippen LogP contribution in [0.4, 0.5) is 4.79 Å². The summed E-state index contributed by atoms with van der Waals surface area (Å²) in [4.78, 5) is 37.7. The molecule has 1 fully saturated rings. The Morgan fingerprint density at radius 3 is 2.17 bits per heavy atom. The summed E-state index contributed by atoms with van der Waals surface area (Å²) in [5, 5.41) is 12.0. The number of fused-ring (bicyclic) bond motifs is 3. The van der Waals surface area contributed by atoms with Gasteiger partial charge in [0.2, 0.25) is 5.91 Å². The molecule has 35 heavy (non-hydrogen) atoms. The van der Waals surface area contributed by atoms with Gasteiger partial charge in [0.15, 0.2) is 0 Å². The zero-order valence-corrected chi connectivity index (χ0v) is 20.4. The molecule has 0 aromatic heterocycles. The van der Waals surface area contributed by atoms with Gasteiger partial charge in [-0.25, -0.2) is 4.79 Å². The van der Waals surface area contributed by atoms with E-state index in [2.05, 4.69) is 29.6 Å². The van der Waals surface area contributed by atoms with Crippen molar-refractivity contribution in [1.29, 1.82) is 0 Å². The van der Waals surface area contributed by atoms with Gasteiger partial charge in [0.05, 0.1) is 0 Å². The average Bonchev–Trinajstić information content (AvgIpc) is 3.63. The van der Waals surface area contributed by atoms with Gasteiger partial charge in [-0.2, -0.15) is 0 Å². The van der Waals surface area contributed by atoms with Crippen molar-refractivity contribution in [3.8, 4) is 11.1 Å². The fourth-order valence-electron chi connectivity index (χ4n) is 4.97. The minimum atomic E-state index is -0.974. The molecule has 2 aliphatic carbocycles. The maximum atomic E-state index is 12.7. The SMILES string of the molecule is CC(CCCC(C)C(=O)N(CC(=O)O)C1CC1)NC(=O)OCC1c2ccccc2-c2ccccc21. The van der Waals surface area contributed by atoms with Gasteiger partial charge in [-0.15, -0.1) is 0 Å². The summed E-state index contributed by atoms with van der Waals surface area (Å²) in [5.74, 6) is -1.28. The molecule has 186 valence electrons. The number of carboxylic acid groups (broad SMARTS) is 1. The Morgan fingerprint density at radius 1 is 1.00 bits per heavy atom. The van der Waals surface area contributed by atoms with Crippen molar-refractivity contribution in [2.45, 2.75) is 64.0 Å². The van der Waals surface area contributed by atoms with Crippen LogP contribution in [0.25, 0.3) is 11.1 Å². The molecule has 4 rings (SSSR count). The smallest absolute Gasteiger partial charge is 0.407 e. The summed E-state index contributed by atoms with van der Waals surface area (Å²) >= 11 is 0. The fourth-order valence-corrected chi connectivity index (χ4v) is 4.97. The molecular weight excluding hydrogens is 444 g/mol. The van der Waals surface area contributed by atoms with Crippen molar-refractivity contribution < 1.29 is 24.2 Å². The first-order valence-electron chi connectivity index (χ1n) is 12.5. The van der Waals surface area contributed by atoms with Crippen LogP contribution in [0.15, 0.2) is 48.5 Å². The third kappa shape index (κ3) is 6.02. The molecule has 2 aliphatic rings. The van der Waals surface area contributed by atoms with Gasteiger partial charge < -0.3 is 20.1 Å². The zero-order chi connectivity index (χ0) is 24.9. The van der Waals surface area contributed by atoms with Gasteiger partial charge in [-0.1, -0.05) is 61.9 Å². The van der Waals surface area contributed by atoms with Gasteiger partial charge in [-0.05, 0) is 54.9 Å². The maximum Gasteiger partial charge on any atom is 0.407 e. The second-order valence-corrected chi connectivity index (χ2v) is 9.79. The Hall–Kier alpha value is -3.35. The first-order valence-corrected chi connectivity index (χ1v) is 12.5. The van der Waals surface area contributed by atoms with Crippen LogP contribution in [-0.2, 0) is 14.3 Å². The topological polar surface area (TPSA) is 95.9 Å². The number of amides is 2. The summed E-state index contributed by atoms with van der Waals surface area (Å²) < 4.78 is 5.61. The van der Waals surface area contributed by atoms with Gasteiger partial charge in [0.25, 0.3) is 0 Å². The van der Waals surface area contributed by atoms with E-state index in [0.717, 1.165) is 19.3 Å². The van der Waals surface area contributed by atoms with E-state index in [-0.39, 0.29) is 43.0 Å². The Balaban J connectivity index is 1.21. The van der Waals surface area contributed by atoms with E-state index < -0.39 is 12.1 Å². The number of alkyl carbamates (subject to hydrolysis) is 1. The summed E-state index contributed by atoms with van der Waals surface area (Å²) in [6.45, 7) is 3.82. The molecule has 2 atom stereocenters. The van der Waals surface area contributed by atoms with E-state index in [0.29, 0.717) is 12.8 Å². The number of hydrogen-bond donors (Lipinski definition) is 2. The van der Waals surface area contributed by atoms with Crippen LogP contribution in [0.1, 0.15) is 63.0 Å². The minimum absolute atomic E-state index is 0.0236. The molecule has 1 saturated carbocycles. The number of nitrogens with one attached hydrogen (secondary N) is 1. The highest BCUT2D eigenvalue weighted by Gasteiger charge is 2.35. The van der Waals surface area contributed by atoms with Crippen molar-refractivity contribution in [2.75, 3.05) is 13.2 Å². The molecular formula is C28H34N2O5. The fraction of sp³-hybridized carbons (Fsp3) is 0.464. The number of carboxylic acids is 1. The summed E-state index contributed by atoms with van der Waals surface area (Å²) in [7, 11) is 0. The summed E-state index contributed by atoms with van der Waals surface area (Å²) in [6.07, 6.45) is 3.44. The van der Waals surface area contributed by atoms with Crippen molar-refractivity contribution in [1.82, 2.24) is 10.2 Å². The minimum Gasteiger partial charge on any atom is -0.480 e. The van der Waals surface area contributed by atoms with Crippen LogP contribution in [0.2, 0.25) is 0 Å². The first kappa shape index (κ1) is 24.8. The maximum absolute atomic E-state index is 12.7. The van der Waals surface area contributed by atoms with Crippen molar-refractivity contribution in [3.63, 3.8) is 0 Å². The van der Waals surface area contributed by atoms with Gasteiger partial charge >= 0.3 is 12.1 Å². The van der Waals surface area contributed by atoms with Crippen LogP contribution >= 0.6 is 0 Å². The van der Waals surface area contributed by atoms with Gasteiger partial charge in [0, 0.05) is 23.9 Å². The lowest BCUT2D eigenvalue weighted by Gasteiger charge is -2.24. The Labute approximate surface area is 206 Å². The third-order valence-electron chi connectivity index (χ3n) is 6.98. The summed E-state index contributed by atoms with van der Waals surface area (Å²) in [5.41, 5.74) is 4.74. The van der Waals surface area contributed by atoms with E-state index >= 15 is 0 Å². The van der Waals surface area contributed by atoms with Crippen LogP contribution in [0.3, 0.4) is 0 Å². The number of rotatable bonds is 11. The molecule has 7 nitrogen and oxygen atoms in total. The van der Waals surface area contributed by atoms with E-state index in [4.69, 9.17) is 9.84 Å². The number of carbonyl (C=O) groups is 3. The van der Waals surface area contributed by atoms with Gasteiger partial charge in [0.1, 0.15) is 13.2 Å². The largest absolute Gasteiger partial charge is 0.480 e. The highest BCUT2D eigenvalue weighted by Crippen LogP contribution is 2.44. The number of ether oxygens (including phenoxy) is 1. The molecule has 0 saturated heterocycles. The van der Waals surface area contributed by atoms with Crippen LogP contribution in [0.5, 0.6) is 0 Å². The third-order valence-corrected chi connectivity index (χ3v) is 6.98. The normalized spacial score (nSPS) is 16.1. The number of benzene rings is 2. The highest BCUT2D eigenvalue weighted by atomic mass is 16.5. The van der Waals surface area contributed by atoms with E-state index in [1.165, 1.54) is 27.2 Å².